The topological polar surface area (TPSA) is 109 Å². The molecule has 0 aromatic carbocycles. The summed E-state index contributed by atoms with van der Waals surface area (Å²) in [5.74, 6) is -1.33. The lowest BCUT2D eigenvalue weighted by Crippen LogP contribution is -2.10. The zero-order valence-electron chi connectivity index (χ0n) is 6.03. The predicted octanol–water partition coefficient (Wildman–Crippen LogP) is -0.388. The Balaban J connectivity index is 2.94. The van der Waals surface area contributed by atoms with Crippen LogP contribution in [0.4, 0.5) is 0 Å². The van der Waals surface area contributed by atoms with Crippen molar-refractivity contribution < 1.29 is 14.4 Å². The van der Waals surface area contributed by atoms with Gasteiger partial charge < -0.3 is 15.5 Å². The molecule has 0 fully saturated rings. The maximum absolute atomic E-state index is 10.6. The van der Waals surface area contributed by atoms with Crippen LogP contribution in [0.2, 0.25) is 0 Å². The summed E-state index contributed by atoms with van der Waals surface area (Å²) in [6.07, 6.45) is 3.81. The summed E-state index contributed by atoms with van der Waals surface area (Å²) in [5, 5.41) is 0. The van der Waals surface area contributed by atoms with Gasteiger partial charge in [-0.05, 0) is 0 Å². The minimum atomic E-state index is -4.28. The molecule has 0 saturated heterocycles. The van der Waals surface area contributed by atoms with Crippen LogP contribution in [-0.4, -0.2) is 19.8 Å². The van der Waals surface area contributed by atoms with E-state index in [0.29, 0.717) is 0 Å². The van der Waals surface area contributed by atoms with Crippen LogP contribution < -0.4 is 5.73 Å². The van der Waals surface area contributed by atoms with E-state index in [9.17, 15) is 4.57 Å². The Morgan fingerprint density at radius 2 is 1.92 bits per heavy atom. The van der Waals surface area contributed by atoms with Crippen molar-refractivity contribution in [1.82, 2.24) is 9.97 Å². The Labute approximate surface area is 68.6 Å². The van der Waals surface area contributed by atoms with Crippen LogP contribution in [0.3, 0.4) is 0 Å². The maximum Gasteiger partial charge on any atom is 0.346 e. The lowest BCUT2D eigenvalue weighted by molar-refractivity contribution is 0.359. The number of nitrogens with zero attached hydrogens (tertiary/aromatic N) is 2. The molecule has 0 aliphatic rings. The first kappa shape index (κ1) is 9.28. The van der Waals surface area contributed by atoms with E-state index in [-0.39, 0.29) is 5.56 Å². The predicted molar refractivity (Wildman–Crippen MR) is 41.0 cm³/mol. The molecule has 66 valence electrons. The first-order valence-electron chi connectivity index (χ1n) is 3.07. The molecular weight excluding hydrogens is 181 g/mol. The van der Waals surface area contributed by atoms with Gasteiger partial charge in [0.1, 0.15) is 12.1 Å². The molecule has 1 aromatic rings. The zero-order valence-corrected chi connectivity index (χ0v) is 6.93. The monoisotopic (exact) mass is 189 g/mol. The van der Waals surface area contributed by atoms with E-state index in [0.717, 1.165) is 0 Å². The van der Waals surface area contributed by atoms with Crippen LogP contribution in [0.5, 0.6) is 0 Å². The summed E-state index contributed by atoms with van der Waals surface area (Å²) in [7, 11) is -4.28. The molecule has 1 heterocycles. The summed E-state index contributed by atoms with van der Waals surface area (Å²) in [4.78, 5) is 24.5. The van der Waals surface area contributed by atoms with Crippen molar-refractivity contribution in [3.8, 4) is 0 Å². The van der Waals surface area contributed by atoms with E-state index in [1.807, 2.05) is 0 Å². The third kappa shape index (κ3) is 2.09. The highest BCUT2D eigenvalue weighted by atomic mass is 31.2. The maximum atomic E-state index is 10.6. The average Bonchev–Trinajstić information content (AvgIpc) is 2.03. The summed E-state index contributed by atoms with van der Waals surface area (Å²) >= 11 is 0. The quantitative estimate of drug-likeness (QED) is 0.546. The molecule has 12 heavy (non-hydrogen) atoms. The van der Waals surface area contributed by atoms with E-state index >= 15 is 0 Å². The van der Waals surface area contributed by atoms with Crippen LogP contribution in [0.25, 0.3) is 0 Å². The highest BCUT2D eigenvalue weighted by molar-refractivity contribution is 7.52. The highest BCUT2D eigenvalue weighted by Crippen LogP contribution is 2.47. The normalized spacial score (nSPS) is 14.2. The lowest BCUT2D eigenvalue weighted by atomic mass is 10.3. The minimum Gasteiger partial charge on any atom is -0.323 e. The molecule has 0 bridgehead atoms. The second kappa shape index (κ2) is 3.28. The van der Waals surface area contributed by atoms with Crippen molar-refractivity contribution >= 4 is 7.60 Å². The van der Waals surface area contributed by atoms with E-state index in [2.05, 4.69) is 9.97 Å². The van der Waals surface area contributed by atoms with Gasteiger partial charge >= 0.3 is 7.60 Å². The molecule has 6 nitrogen and oxygen atoms in total. The van der Waals surface area contributed by atoms with Gasteiger partial charge in [0.15, 0.2) is 0 Å². The first-order valence-corrected chi connectivity index (χ1v) is 4.75. The summed E-state index contributed by atoms with van der Waals surface area (Å²) in [5.41, 5.74) is 5.46. The summed E-state index contributed by atoms with van der Waals surface area (Å²) < 4.78 is 10.6. The van der Waals surface area contributed by atoms with Crippen molar-refractivity contribution in [3.63, 3.8) is 0 Å². The first-order chi connectivity index (χ1) is 5.52. The molecule has 1 atom stereocenters. The van der Waals surface area contributed by atoms with E-state index in [4.69, 9.17) is 15.5 Å². The second-order valence-electron chi connectivity index (χ2n) is 2.21. The van der Waals surface area contributed by atoms with Crippen LogP contribution in [0.1, 0.15) is 11.3 Å². The molecule has 0 radical (unpaired) electrons. The van der Waals surface area contributed by atoms with Crippen LogP contribution in [0, 0.1) is 0 Å². The fourth-order valence-electron chi connectivity index (χ4n) is 0.658. The van der Waals surface area contributed by atoms with E-state index in [1.165, 1.54) is 18.7 Å². The minimum absolute atomic E-state index is 0.228. The summed E-state index contributed by atoms with van der Waals surface area (Å²) in [6.45, 7) is 0. The Kier molecular flexibility index (Phi) is 2.54. The van der Waals surface area contributed by atoms with Gasteiger partial charge in [0.25, 0.3) is 0 Å². The van der Waals surface area contributed by atoms with Crippen molar-refractivity contribution in [2.75, 3.05) is 0 Å². The Morgan fingerprint density at radius 3 is 2.33 bits per heavy atom. The Morgan fingerprint density at radius 1 is 1.42 bits per heavy atom. The number of nitrogens with two attached hydrogens (primary N) is 1. The van der Waals surface area contributed by atoms with Gasteiger partial charge in [-0.2, -0.15) is 0 Å². The molecular formula is C5H8N3O3P. The highest BCUT2D eigenvalue weighted by Gasteiger charge is 2.26. The van der Waals surface area contributed by atoms with Gasteiger partial charge in [-0.1, -0.05) is 0 Å². The number of rotatable bonds is 2. The summed E-state index contributed by atoms with van der Waals surface area (Å²) in [6, 6.07) is 0. The number of aromatic nitrogens is 2. The van der Waals surface area contributed by atoms with Crippen molar-refractivity contribution in [2.45, 2.75) is 5.78 Å². The zero-order chi connectivity index (χ0) is 9.19. The molecule has 4 N–H and O–H groups in total. The fourth-order valence-corrected chi connectivity index (χ4v) is 1.18. The largest absolute Gasteiger partial charge is 0.346 e. The molecule has 0 saturated carbocycles. The van der Waals surface area contributed by atoms with Gasteiger partial charge in [-0.25, -0.2) is 9.97 Å². The SMILES string of the molecule is NC(c1cncnc1)P(=O)(O)O. The second-order valence-corrected chi connectivity index (χ2v) is 3.94. The molecule has 0 aliphatic heterocycles. The van der Waals surface area contributed by atoms with Crippen LogP contribution in [-0.2, 0) is 4.57 Å². The van der Waals surface area contributed by atoms with Crippen molar-refractivity contribution in [3.05, 3.63) is 24.3 Å². The molecule has 0 aliphatic carbocycles. The van der Waals surface area contributed by atoms with Crippen molar-refractivity contribution in [1.29, 1.82) is 0 Å². The van der Waals surface area contributed by atoms with Crippen LogP contribution >= 0.6 is 7.60 Å². The molecule has 0 amide bonds. The smallest absolute Gasteiger partial charge is 0.323 e. The number of hydrogen-bond donors (Lipinski definition) is 3. The van der Waals surface area contributed by atoms with Gasteiger partial charge in [0.2, 0.25) is 0 Å². The third-order valence-corrected chi connectivity index (χ3v) is 2.31. The van der Waals surface area contributed by atoms with Gasteiger partial charge in [0.05, 0.1) is 0 Å². The molecule has 7 heteroatoms. The number of hydrogen-bond acceptors (Lipinski definition) is 4. The molecule has 1 rings (SSSR count). The van der Waals surface area contributed by atoms with E-state index < -0.39 is 13.4 Å². The Bertz CT molecular complexity index is 298. The lowest BCUT2D eigenvalue weighted by Gasteiger charge is -2.11. The van der Waals surface area contributed by atoms with Crippen molar-refractivity contribution in [2.24, 2.45) is 5.73 Å². The van der Waals surface area contributed by atoms with E-state index in [1.54, 1.807) is 0 Å². The fraction of sp³-hybridized carbons (Fsp3) is 0.200. The Hall–Kier alpha value is -0.810. The molecule has 0 spiro atoms. The van der Waals surface area contributed by atoms with Gasteiger partial charge in [-0.15, -0.1) is 0 Å². The molecule has 1 unspecified atom stereocenters. The van der Waals surface area contributed by atoms with Gasteiger partial charge in [-0.3, -0.25) is 4.57 Å². The standard InChI is InChI=1S/C5H8N3O3P/c6-5(12(9,10)11)4-1-7-3-8-2-4/h1-3,5H,6H2,(H2,9,10,11). The van der Waals surface area contributed by atoms with Crippen LogP contribution in [0.15, 0.2) is 18.7 Å². The van der Waals surface area contributed by atoms with Gasteiger partial charge in [0, 0.05) is 18.0 Å². The average molecular weight is 189 g/mol. The third-order valence-electron chi connectivity index (χ3n) is 1.28. The molecule has 1 aromatic heterocycles.